The van der Waals surface area contributed by atoms with Crippen molar-refractivity contribution in [3.05, 3.63) is 71.0 Å². The molecule has 0 bridgehead atoms. The van der Waals surface area contributed by atoms with E-state index in [0.717, 1.165) is 16.7 Å². The Hall–Kier alpha value is -1.87. The number of hydrogen-bond acceptors (Lipinski definition) is 2. The maximum absolute atomic E-state index is 4.29. The van der Waals surface area contributed by atoms with Crippen molar-refractivity contribution >= 4 is 32.4 Å². The van der Waals surface area contributed by atoms with Crippen molar-refractivity contribution in [3.63, 3.8) is 0 Å². The van der Waals surface area contributed by atoms with Gasteiger partial charge in [0.25, 0.3) is 0 Å². The number of nitrogens with one attached hydrogen (secondary N) is 1. The highest BCUT2D eigenvalue weighted by Crippen LogP contribution is 2.19. The molecule has 3 aromatic rings. The number of pyridine rings is 1. The molecule has 0 aliphatic heterocycles. The number of nitrogens with zero attached hydrogens (tertiary/aromatic N) is 1. The molecule has 0 saturated carbocycles. The predicted octanol–water partition coefficient (Wildman–Crippen LogP) is 4.61. The van der Waals surface area contributed by atoms with Crippen molar-refractivity contribution < 1.29 is 0 Å². The van der Waals surface area contributed by atoms with Crippen molar-refractivity contribution in [2.75, 3.05) is 5.32 Å². The number of anilines is 1. The maximum Gasteiger partial charge on any atom is 0.0422 e. The second-order valence-corrected chi connectivity index (χ2v) is 5.30. The number of fused-ring (bicyclic) bond motifs is 1. The van der Waals surface area contributed by atoms with E-state index in [1.54, 1.807) is 0 Å². The molecular formula is C16H13BrN2. The first-order valence-electron chi connectivity index (χ1n) is 6.14. The van der Waals surface area contributed by atoms with Gasteiger partial charge in [0.15, 0.2) is 0 Å². The van der Waals surface area contributed by atoms with Gasteiger partial charge in [-0.2, -0.15) is 0 Å². The van der Waals surface area contributed by atoms with Crippen molar-refractivity contribution in [2.45, 2.75) is 6.54 Å². The minimum absolute atomic E-state index is 0.774. The highest BCUT2D eigenvalue weighted by atomic mass is 79.9. The van der Waals surface area contributed by atoms with Gasteiger partial charge >= 0.3 is 0 Å². The van der Waals surface area contributed by atoms with E-state index in [2.05, 4.69) is 56.6 Å². The van der Waals surface area contributed by atoms with Crippen LogP contribution in [-0.4, -0.2) is 4.98 Å². The lowest BCUT2D eigenvalue weighted by atomic mass is 10.1. The number of halogens is 1. The normalized spacial score (nSPS) is 10.6. The summed E-state index contributed by atoms with van der Waals surface area (Å²) < 4.78 is 1.09. The molecule has 3 rings (SSSR count). The van der Waals surface area contributed by atoms with E-state index in [-0.39, 0.29) is 0 Å². The second kappa shape index (κ2) is 5.41. The van der Waals surface area contributed by atoms with Gasteiger partial charge in [0.05, 0.1) is 0 Å². The summed E-state index contributed by atoms with van der Waals surface area (Å²) >= 11 is 3.44. The van der Waals surface area contributed by atoms with E-state index in [4.69, 9.17) is 0 Å². The van der Waals surface area contributed by atoms with Crippen LogP contribution in [0.5, 0.6) is 0 Å². The molecule has 1 heterocycles. The lowest BCUT2D eigenvalue weighted by Gasteiger charge is -2.09. The van der Waals surface area contributed by atoms with Gasteiger partial charge < -0.3 is 5.32 Å². The molecule has 94 valence electrons. The average Bonchev–Trinajstić information content (AvgIpc) is 2.47. The fourth-order valence-electron chi connectivity index (χ4n) is 2.08. The zero-order chi connectivity index (χ0) is 13.1. The maximum atomic E-state index is 4.29. The molecule has 0 unspecified atom stereocenters. The van der Waals surface area contributed by atoms with Gasteiger partial charge in [-0.1, -0.05) is 40.2 Å². The molecule has 0 saturated heterocycles. The smallest absolute Gasteiger partial charge is 0.0422 e. The summed E-state index contributed by atoms with van der Waals surface area (Å²) in [6.07, 6.45) is 3.83. The highest BCUT2D eigenvalue weighted by Gasteiger charge is 2.01. The summed E-state index contributed by atoms with van der Waals surface area (Å²) in [6, 6.07) is 16.5. The Morgan fingerprint density at radius 1 is 0.947 bits per heavy atom. The first-order chi connectivity index (χ1) is 9.33. The van der Waals surface area contributed by atoms with Gasteiger partial charge in [-0.3, -0.25) is 4.98 Å². The average molecular weight is 313 g/mol. The minimum atomic E-state index is 0.774. The molecule has 0 aliphatic carbocycles. The topological polar surface area (TPSA) is 24.9 Å². The molecule has 0 atom stereocenters. The molecular weight excluding hydrogens is 300 g/mol. The molecule has 0 aliphatic rings. The van der Waals surface area contributed by atoms with Crippen LogP contribution in [0.3, 0.4) is 0 Å². The molecule has 2 aromatic carbocycles. The van der Waals surface area contributed by atoms with E-state index in [9.17, 15) is 0 Å². The number of benzene rings is 2. The lowest BCUT2D eigenvalue weighted by Crippen LogP contribution is -2.00. The number of rotatable bonds is 3. The fraction of sp³-hybridized carbons (Fsp3) is 0.0625. The molecule has 1 aromatic heterocycles. The molecule has 0 spiro atoms. The summed E-state index contributed by atoms with van der Waals surface area (Å²) in [7, 11) is 0. The summed E-state index contributed by atoms with van der Waals surface area (Å²) in [5.74, 6) is 0. The van der Waals surface area contributed by atoms with Gasteiger partial charge in [0.1, 0.15) is 0 Å². The Kier molecular flexibility index (Phi) is 3.47. The number of aromatic nitrogens is 1. The highest BCUT2D eigenvalue weighted by molar-refractivity contribution is 9.10. The SMILES string of the molecule is Brc1ccc(NCc2cncc3ccccc23)cc1. The molecule has 0 radical (unpaired) electrons. The number of hydrogen-bond donors (Lipinski definition) is 1. The summed E-state index contributed by atoms with van der Waals surface area (Å²) in [5, 5.41) is 5.85. The Bertz CT molecular complexity index is 687. The third-order valence-electron chi connectivity index (χ3n) is 3.08. The molecule has 3 heteroatoms. The zero-order valence-corrected chi connectivity index (χ0v) is 11.9. The molecule has 2 nitrogen and oxygen atoms in total. The van der Waals surface area contributed by atoms with E-state index in [1.165, 1.54) is 16.3 Å². The quantitative estimate of drug-likeness (QED) is 0.764. The Morgan fingerprint density at radius 2 is 1.74 bits per heavy atom. The van der Waals surface area contributed by atoms with E-state index in [0.29, 0.717) is 0 Å². The van der Waals surface area contributed by atoms with Crippen molar-refractivity contribution in [2.24, 2.45) is 0 Å². The molecule has 0 amide bonds. The van der Waals surface area contributed by atoms with E-state index < -0.39 is 0 Å². The van der Waals surface area contributed by atoms with Crippen molar-refractivity contribution in [3.8, 4) is 0 Å². The predicted molar refractivity (Wildman–Crippen MR) is 83.2 cm³/mol. The van der Waals surface area contributed by atoms with Crippen LogP contribution in [0.25, 0.3) is 10.8 Å². The van der Waals surface area contributed by atoms with Gasteiger partial charge in [-0.05, 0) is 35.2 Å². The summed E-state index contributed by atoms with van der Waals surface area (Å²) in [6.45, 7) is 0.774. The monoisotopic (exact) mass is 312 g/mol. The zero-order valence-electron chi connectivity index (χ0n) is 10.3. The van der Waals surface area contributed by atoms with Crippen molar-refractivity contribution in [1.29, 1.82) is 0 Å². The standard InChI is InChI=1S/C16H13BrN2/c17-14-5-7-15(8-6-14)19-11-13-10-18-9-12-3-1-2-4-16(12)13/h1-10,19H,11H2. The molecule has 19 heavy (non-hydrogen) atoms. The Labute approximate surface area is 120 Å². The minimum Gasteiger partial charge on any atom is -0.381 e. The fourth-order valence-corrected chi connectivity index (χ4v) is 2.35. The molecule has 1 N–H and O–H groups in total. The van der Waals surface area contributed by atoms with Crippen LogP contribution in [0.1, 0.15) is 5.56 Å². The van der Waals surface area contributed by atoms with Gasteiger partial charge in [0.2, 0.25) is 0 Å². The lowest BCUT2D eigenvalue weighted by molar-refractivity contribution is 1.14. The van der Waals surface area contributed by atoms with Crippen LogP contribution in [-0.2, 0) is 6.54 Å². The van der Waals surface area contributed by atoms with Crippen LogP contribution in [0, 0.1) is 0 Å². The Balaban J connectivity index is 1.84. The van der Waals surface area contributed by atoms with Crippen LogP contribution >= 0.6 is 15.9 Å². The molecule has 0 fully saturated rings. The van der Waals surface area contributed by atoms with E-state index >= 15 is 0 Å². The Morgan fingerprint density at radius 3 is 2.58 bits per heavy atom. The van der Waals surface area contributed by atoms with Crippen LogP contribution in [0.15, 0.2) is 65.4 Å². The van der Waals surface area contributed by atoms with E-state index in [1.807, 2.05) is 30.6 Å². The summed E-state index contributed by atoms with van der Waals surface area (Å²) in [4.78, 5) is 4.29. The van der Waals surface area contributed by atoms with Crippen LogP contribution in [0.4, 0.5) is 5.69 Å². The van der Waals surface area contributed by atoms with Crippen LogP contribution < -0.4 is 5.32 Å². The summed E-state index contributed by atoms with van der Waals surface area (Å²) in [5.41, 5.74) is 2.32. The van der Waals surface area contributed by atoms with Crippen molar-refractivity contribution in [1.82, 2.24) is 4.98 Å². The van der Waals surface area contributed by atoms with Crippen LogP contribution in [0.2, 0.25) is 0 Å². The third-order valence-corrected chi connectivity index (χ3v) is 3.61. The first kappa shape index (κ1) is 12.2. The van der Waals surface area contributed by atoms with Gasteiger partial charge in [-0.15, -0.1) is 0 Å². The first-order valence-corrected chi connectivity index (χ1v) is 6.93. The van der Waals surface area contributed by atoms with Gasteiger partial charge in [-0.25, -0.2) is 0 Å². The third kappa shape index (κ3) is 2.76. The van der Waals surface area contributed by atoms with Gasteiger partial charge in [0, 0.05) is 34.5 Å². The largest absolute Gasteiger partial charge is 0.381 e. The second-order valence-electron chi connectivity index (χ2n) is 4.38.